The highest BCUT2D eigenvalue weighted by Gasteiger charge is 2.37. The molecule has 0 spiro atoms. The molecule has 2 aliphatic rings. The van der Waals surface area contributed by atoms with Crippen LogP contribution in [0.25, 0.3) is 0 Å². The number of carbonyl (C=O) groups excluding carboxylic acids is 3. The van der Waals surface area contributed by atoms with Crippen molar-refractivity contribution in [3.63, 3.8) is 0 Å². The van der Waals surface area contributed by atoms with Crippen LogP contribution in [0, 0.1) is 5.92 Å². The van der Waals surface area contributed by atoms with Gasteiger partial charge in [0.2, 0.25) is 11.8 Å². The molecule has 3 amide bonds. The monoisotopic (exact) mass is 399 g/mol. The second-order valence-electron chi connectivity index (χ2n) is 7.98. The lowest BCUT2D eigenvalue weighted by Crippen LogP contribution is -2.43. The zero-order valence-electron chi connectivity index (χ0n) is 17.5. The summed E-state index contributed by atoms with van der Waals surface area (Å²) in [7, 11) is 5.00. The fraction of sp³-hybridized carbons (Fsp3) is 0.500. The first-order valence-corrected chi connectivity index (χ1v) is 9.95. The van der Waals surface area contributed by atoms with E-state index in [0.717, 1.165) is 24.2 Å². The highest BCUT2D eigenvalue weighted by molar-refractivity contribution is 5.98. The molecule has 1 fully saturated rings. The number of amides is 3. The zero-order chi connectivity index (χ0) is 21.1. The van der Waals surface area contributed by atoms with E-state index in [4.69, 9.17) is 4.74 Å². The van der Waals surface area contributed by atoms with E-state index in [1.165, 1.54) is 4.90 Å². The van der Waals surface area contributed by atoms with Crippen molar-refractivity contribution in [3.05, 3.63) is 41.1 Å². The van der Waals surface area contributed by atoms with Crippen LogP contribution in [0.15, 0.2) is 35.5 Å². The molecule has 7 heteroatoms. The van der Waals surface area contributed by atoms with Crippen LogP contribution in [0.1, 0.15) is 38.2 Å². The van der Waals surface area contributed by atoms with Gasteiger partial charge in [0.15, 0.2) is 0 Å². The van der Waals surface area contributed by atoms with Crippen molar-refractivity contribution in [2.75, 3.05) is 21.2 Å². The van der Waals surface area contributed by atoms with Gasteiger partial charge in [-0.05, 0) is 43.9 Å². The normalized spacial score (nSPS) is 19.2. The van der Waals surface area contributed by atoms with Crippen molar-refractivity contribution in [2.45, 2.75) is 45.2 Å². The number of ether oxygens (including phenoxy) is 1. The fourth-order valence-electron chi connectivity index (χ4n) is 3.55. The maximum Gasteiger partial charge on any atom is 0.251 e. The molecule has 0 bridgehead atoms. The Balaban J connectivity index is 1.84. The van der Waals surface area contributed by atoms with Crippen LogP contribution < -0.4 is 10.1 Å². The first-order valence-electron chi connectivity index (χ1n) is 9.95. The fourth-order valence-corrected chi connectivity index (χ4v) is 3.55. The maximum atomic E-state index is 13.2. The van der Waals surface area contributed by atoms with Crippen LogP contribution in [0.3, 0.4) is 0 Å². The molecule has 1 aromatic rings. The van der Waals surface area contributed by atoms with Gasteiger partial charge in [-0.3, -0.25) is 14.4 Å². The molecule has 1 N–H and O–H groups in total. The number of nitrogens with one attached hydrogen (secondary N) is 1. The number of hydrogen-bond donors (Lipinski definition) is 1. The van der Waals surface area contributed by atoms with Crippen LogP contribution in [-0.4, -0.2) is 54.8 Å². The quantitative estimate of drug-likeness (QED) is 0.761. The average molecular weight is 399 g/mol. The minimum atomic E-state index is -0.533. The predicted molar refractivity (Wildman–Crippen MR) is 109 cm³/mol. The Hall–Kier alpha value is -2.83. The molecule has 29 heavy (non-hydrogen) atoms. The van der Waals surface area contributed by atoms with E-state index in [9.17, 15) is 14.4 Å². The SMILES string of the molecule is COc1ccc(CN2C(=O)C(CC(=O)NC3CC3)CC(C(=O)N(C)C)=C2C)cc1. The number of benzene rings is 1. The van der Waals surface area contributed by atoms with Gasteiger partial charge in [0.25, 0.3) is 5.91 Å². The van der Waals surface area contributed by atoms with Crippen molar-refractivity contribution in [2.24, 2.45) is 5.92 Å². The van der Waals surface area contributed by atoms with Gasteiger partial charge in [-0.25, -0.2) is 0 Å². The molecule has 1 heterocycles. The van der Waals surface area contributed by atoms with Crippen molar-refractivity contribution in [1.82, 2.24) is 15.1 Å². The molecule has 1 unspecified atom stereocenters. The summed E-state index contributed by atoms with van der Waals surface area (Å²) in [6.07, 6.45) is 2.39. The third-order valence-corrected chi connectivity index (χ3v) is 5.45. The van der Waals surface area contributed by atoms with Gasteiger partial charge >= 0.3 is 0 Å². The average Bonchev–Trinajstić information content (AvgIpc) is 3.51. The summed E-state index contributed by atoms with van der Waals surface area (Å²) in [6.45, 7) is 2.15. The minimum Gasteiger partial charge on any atom is -0.497 e. The molecule has 1 aliphatic heterocycles. The summed E-state index contributed by atoms with van der Waals surface area (Å²) >= 11 is 0. The number of likely N-dealkylation sites (N-methyl/N-ethyl adjacent to an activating group) is 1. The van der Waals surface area contributed by atoms with Gasteiger partial charge < -0.3 is 19.9 Å². The zero-order valence-corrected chi connectivity index (χ0v) is 17.5. The second kappa shape index (κ2) is 8.68. The van der Waals surface area contributed by atoms with Gasteiger partial charge in [0, 0.05) is 37.8 Å². The summed E-state index contributed by atoms with van der Waals surface area (Å²) in [5.74, 6) is -0.146. The first kappa shape index (κ1) is 20.9. The van der Waals surface area contributed by atoms with Crippen molar-refractivity contribution in [3.8, 4) is 5.75 Å². The van der Waals surface area contributed by atoms with Crippen molar-refractivity contribution < 1.29 is 19.1 Å². The molecule has 1 saturated carbocycles. The smallest absolute Gasteiger partial charge is 0.251 e. The topological polar surface area (TPSA) is 79.0 Å². The summed E-state index contributed by atoms with van der Waals surface area (Å²) in [5, 5.41) is 2.94. The highest BCUT2D eigenvalue weighted by atomic mass is 16.5. The van der Waals surface area contributed by atoms with Crippen LogP contribution >= 0.6 is 0 Å². The van der Waals surface area contributed by atoms with Gasteiger partial charge in [0.1, 0.15) is 5.75 Å². The molecule has 0 radical (unpaired) electrons. The molecule has 3 rings (SSSR count). The Bertz CT molecular complexity index is 825. The molecular formula is C22H29N3O4. The second-order valence-corrected chi connectivity index (χ2v) is 7.98. The van der Waals surface area contributed by atoms with Crippen LogP contribution in [0.4, 0.5) is 0 Å². The van der Waals surface area contributed by atoms with Crippen molar-refractivity contribution in [1.29, 1.82) is 0 Å². The van der Waals surface area contributed by atoms with E-state index in [2.05, 4.69) is 5.32 Å². The van der Waals surface area contributed by atoms with E-state index in [-0.39, 0.29) is 30.2 Å². The van der Waals surface area contributed by atoms with E-state index in [1.54, 1.807) is 33.0 Å². The molecule has 1 aliphatic carbocycles. The molecule has 0 aromatic heterocycles. The largest absolute Gasteiger partial charge is 0.497 e. The lowest BCUT2D eigenvalue weighted by molar-refractivity contribution is -0.139. The number of carbonyl (C=O) groups is 3. The Morgan fingerprint density at radius 3 is 2.41 bits per heavy atom. The van der Waals surface area contributed by atoms with Gasteiger partial charge in [-0.1, -0.05) is 12.1 Å². The van der Waals surface area contributed by atoms with Crippen LogP contribution in [-0.2, 0) is 20.9 Å². The predicted octanol–water partition coefficient (Wildman–Crippen LogP) is 2.07. The lowest BCUT2D eigenvalue weighted by Gasteiger charge is -2.35. The molecule has 1 atom stereocenters. The standard InChI is InChI=1S/C22H29N3O4/c1-14-19(22(28)24(2)3)11-16(12-20(26)23-17-7-8-17)21(27)25(14)13-15-5-9-18(29-4)10-6-15/h5-6,9-10,16-17H,7-8,11-13H2,1-4H3,(H,23,26). The van der Waals surface area contributed by atoms with E-state index >= 15 is 0 Å². The Morgan fingerprint density at radius 2 is 1.86 bits per heavy atom. The third kappa shape index (κ3) is 4.96. The Labute approximate surface area is 171 Å². The summed E-state index contributed by atoms with van der Waals surface area (Å²) < 4.78 is 5.19. The lowest BCUT2D eigenvalue weighted by atomic mass is 9.88. The first-order chi connectivity index (χ1) is 13.8. The van der Waals surface area contributed by atoms with Crippen LogP contribution in [0.2, 0.25) is 0 Å². The number of rotatable bonds is 7. The van der Waals surface area contributed by atoms with Gasteiger partial charge in [-0.2, -0.15) is 0 Å². The van der Waals surface area contributed by atoms with Gasteiger partial charge in [0.05, 0.1) is 19.6 Å². The number of methoxy groups -OCH3 is 1. The molecule has 0 saturated heterocycles. The number of allylic oxidation sites excluding steroid dienone is 1. The Kier molecular flexibility index (Phi) is 6.25. The van der Waals surface area contributed by atoms with E-state index in [0.29, 0.717) is 24.2 Å². The number of nitrogens with zero attached hydrogens (tertiary/aromatic N) is 2. The summed E-state index contributed by atoms with van der Waals surface area (Å²) in [6, 6.07) is 7.73. The summed E-state index contributed by atoms with van der Waals surface area (Å²) in [4.78, 5) is 41.4. The highest BCUT2D eigenvalue weighted by Crippen LogP contribution is 2.32. The molecular weight excluding hydrogens is 370 g/mol. The van der Waals surface area contributed by atoms with Gasteiger partial charge in [-0.15, -0.1) is 0 Å². The molecule has 7 nitrogen and oxygen atoms in total. The van der Waals surface area contributed by atoms with E-state index < -0.39 is 5.92 Å². The third-order valence-electron chi connectivity index (χ3n) is 5.45. The molecule has 156 valence electrons. The van der Waals surface area contributed by atoms with Crippen LogP contribution in [0.5, 0.6) is 5.75 Å². The number of hydrogen-bond acceptors (Lipinski definition) is 4. The molecule has 1 aromatic carbocycles. The maximum absolute atomic E-state index is 13.2. The van der Waals surface area contributed by atoms with Crippen molar-refractivity contribution >= 4 is 17.7 Å². The van der Waals surface area contributed by atoms with E-state index in [1.807, 2.05) is 24.3 Å². The summed E-state index contributed by atoms with van der Waals surface area (Å²) in [5.41, 5.74) is 2.17. The Morgan fingerprint density at radius 1 is 1.21 bits per heavy atom. The minimum absolute atomic E-state index is 0.103.